The summed E-state index contributed by atoms with van der Waals surface area (Å²) in [5.74, 6) is 0.0546. The van der Waals surface area contributed by atoms with Crippen molar-refractivity contribution >= 4 is 5.91 Å². The summed E-state index contributed by atoms with van der Waals surface area (Å²) < 4.78 is 0. The molecule has 0 aliphatic carbocycles. The molecular weight excluding hydrogens is 248 g/mol. The second kappa shape index (κ2) is 8.05. The molecule has 1 aliphatic heterocycles. The number of benzene rings is 1. The third kappa shape index (κ3) is 4.64. The molecule has 1 fully saturated rings. The quantitative estimate of drug-likeness (QED) is 0.837. The fourth-order valence-electron chi connectivity index (χ4n) is 2.79. The highest BCUT2D eigenvalue weighted by atomic mass is 16.1. The molecule has 0 spiro atoms. The predicted molar refractivity (Wildman–Crippen MR) is 83.0 cm³/mol. The predicted octanol–water partition coefficient (Wildman–Crippen LogP) is 2.99. The minimum atomic E-state index is 0.0546. The number of rotatable bonds is 5. The summed E-state index contributed by atoms with van der Waals surface area (Å²) >= 11 is 0. The van der Waals surface area contributed by atoms with Gasteiger partial charge in [0, 0.05) is 12.1 Å². The monoisotopic (exact) mass is 274 g/mol. The third-order valence-corrected chi connectivity index (χ3v) is 4.03. The first-order chi connectivity index (χ1) is 9.77. The van der Waals surface area contributed by atoms with Crippen LogP contribution in [-0.2, 0) is 0 Å². The van der Waals surface area contributed by atoms with Crippen LogP contribution in [0.25, 0.3) is 0 Å². The summed E-state index contributed by atoms with van der Waals surface area (Å²) in [6.45, 7) is 6.31. The molecule has 20 heavy (non-hydrogen) atoms. The minimum Gasteiger partial charge on any atom is -0.352 e. The number of carbonyl (C=O) groups is 1. The van der Waals surface area contributed by atoms with Crippen LogP contribution in [0.15, 0.2) is 24.3 Å². The highest BCUT2D eigenvalue weighted by Crippen LogP contribution is 2.10. The van der Waals surface area contributed by atoms with Crippen LogP contribution in [0.3, 0.4) is 0 Å². The molecule has 0 bridgehead atoms. The molecule has 1 aromatic rings. The number of nitrogens with one attached hydrogen (secondary N) is 1. The molecule has 1 N–H and O–H groups in total. The van der Waals surface area contributed by atoms with Crippen molar-refractivity contribution < 1.29 is 4.79 Å². The lowest BCUT2D eigenvalue weighted by Crippen LogP contribution is -2.30. The zero-order chi connectivity index (χ0) is 14.2. The molecular formula is C17H26N2O. The third-order valence-electron chi connectivity index (χ3n) is 4.03. The number of likely N-dealkylation sites (tertiary alicyclic amines) is 1. The van der Waals surface area contributed by atoms with E-state index in [1.54, 1.807) is 0 Å². The van der Waals surface area contributed by atoms with E-state index in [0.29, 0.717) is 0 Å². The van der Waals surface area contributed by atoms with E-state index in [-0.39, 0.29) is 5.91 Å². The largest absolute Gasteiger partial charge is 0.352 e. The fraction of sp³-hybridized carbons (Fsp3) is 0.588. The van der Waals surface area contributed by atoms with Crippen molar-refractivity contribution in [3.63, 3.8) is 0 Å². The number of hydrogen-bond acceptors (Lipinski definition) is 2. The molecule has 1 aromatic carbocycles. The molecule has 1 aliphatic rings. The Morgan fingerprint density at radius 2 is 1.85 bits per heavy atom. The Kier molecular flexibility index (Phi) is 6.06. The lowest BCUT2D eigenvalue weighted by Gasteiger charge is -2.19. The Hall–Kier alpha value is -1.35. The van der Waals surface area contributed by atoms with Crippen LogP contribution in [0.4, 0.5) is 0 Å². The number of amides is 1. The summed E-state index contributed by atoms with van der Waals surface area (Å²) in [6.07, 6.45) is 6.45. The van der Waals surface area contributed by atoms with Crippen molar-refractivity contribution in [1.82, 2.24) is 10.2 Å². The van der Waals surface area contributed by atoms with Crippen LogP contribution >= 0.6 is 0 Å². The molecule has 1 amide bonds. The van der Waals surface area contributed by atoms with Crippen molar-refractivity contribution in [1.29, 1.82) is 0 Å². The Morgan fingerprint density at radius 1 is 1.15 bits per heavy atom. The standard InChI is InChI=1S/C17H26N2O/c1-15-9-4-5-10-16(15)17(20)18-11-8-14-19-12-6-2-3-7-13-19/h4-5,9-10H,2-3,6-8,11-14H2,1H3,(H,18,20). The van der Waals surface area contributed by atoms with Crippen LogP contribution in [0.1, 0.15) is 48.0 Å². The van der Waals surface area contributed by atoms with Gasteiger partial charge < -0.3 is 10.2 Å². The second-order valence-corrected chi connectivity index (χ2v) is 5.68. The zero-order valence-corrected chi connectivity index (χ0v) is 12.5. The molecule has 3 nitrogen and oxygen atoms in total. The smallest absolute Gasteiger partial charge is 0.251 e. The zero-order valence-electron chi connectivity index (χ0n) is 12.5. The highest BCUT2D eigenvalue weighted by molar-refractivity contribution is 5.95. The normalized spacial score (nSPS) is 16.6. The van der Waals surface area contributed by atoms with Crippen molar-refractivity contribution in [2.75, 3.05) is 26.2 Å². The number of aryl methyl sites for hydroxylation is 1. The highest BCUT2D eigenvalue weighted by Gasteiger charge is 2.09. The SMILES string of the molecule is Cc1ccccc1C(=O)NCCCN1CCCCCC1. The Morgan fingerprint density at radius 3 is 2.55 bits per heavy atom. The maximum absolute atomic E-state index is 12.0. The molecule has 1 saturated heterocycles. The van der Waals surface area contributed by atoms with Crippen LogP contribution in [0.2, 0.25) is 0 Å². The average Bonchev–Trinajstić information content (AvgIpc) is 2.72. The van der Waals surface area contributed by atoms with Gasteiger partial charge in [-0.3, -0.25) is 4.79 Å². The van der Waals surface area contributed by atoms with Gasteiger partial charge in [0.2, 0.25) is 0 Å². The Balaban J connectivity index is 1.68. The van der Waals surface area contributed by atoms with Crippen molar-refractivity contribution in [2.24, 2.45) is 0 Å². The first kappa shape index (κ1) is 15.0. The van der Waals surface area contributed by atoms with Crippen molar-refractivity contribution in [3.8, 4) is 0 Å². The molecule has 0 atom stereocenters. The van der Waals surface area contributed by atoms with Gasteiger partial charge in [-0.15, -0.1) is 0 Å². The maximum atomic E-state index is 12.0. The molecule has 0 saturated carbocycles. The Bertz CT molecular complexity index is 423. The van der Waals surface area contributed by atoms with Crippen LogP contribution in [0, 0.1) is 6.92 Å². The van der Waals surface area contributed by atoms with Gasteiger partial charge >= 0.3 is 0 Å². The van der Waals surface area contributed by atoms with E-state index in [0.717, 1.165) is 30.6 Å². The Labute approximate surface area is 122 Å². The molecule has 0 unspecified atom stereocenters. The van der Waals surface area contributed by atoms with Crippen molar-refractivity contribution in [3.05, 3.63) is 35.4 Å². The van der Waals surface area contributed by atoms with Gasteiger partial charge in [0.05, 0.1) is 0 Å². The number of nitrogens with zero attached hydrogens (tertiary/aromatic N) is 1. The summed E-state index contributed by atoms with van der Waals surface area (Å²) in [5.41, 5.74) is 1.83. The fourth-order valence-corrected chi connectivity index (χ4v) is 2.79. The van der Waals surface area contributed by atoms with E-state index >= 15 is 0 Å². The van der Waals surface area contributed by atoms with E-state index < -0.39 is 0 Å². The molecule has 1 heterocycles. The number of carbonyl (C=O) groups excluding carboxylic acids is 1. The van der Waals surface area contributed by atoms with E-state index in [2.05, 4.69) is 10.2 Å². The van der Waals surface area contributed by atoms with Crippen molar-refractivity contribution in [2.45, 2.75) is 39.0 Å². The summed E-state index contributed by atoms with van der Waals surface area (Å²) in [5, 5.41) is 3.03. The van der Waals surface area contributed by atoms with E-state index in [9.17, 15) is 4.79 Å². The minimum absolute atomic E-state index is 0.0546. The van der Waals surface area contributed by atoms with Gasteiger partial charge in [-0.1, -0.05) is 31.0 Å². The average molecular weight is 274 g/mol. The van der Waals surface area contributed by atoms with E-state index in [4.69, 9.17) is 0 Å². The van der Waals surface area contributed by atoms with Crippen LogP contribution < -0.4 is 5.32 Å². The summed E-state index contributed by atoms with van der Waals surface area (Å²) in [6, 6.07) is 7.75. The van der Waals surface area contributed by atoms with Crippen LogP contribution in [-0.4, -0.2) is 37.0 Å². The van der Waals surface area contributed by atoms with E-state index in [1.807, 2.05) is 31.2 Å². The van der Waals surface area contributed by atoms with Gasteiger partial charge in [-0.2, -0.15) is 0 Å². The molecule has 110 valence electrons. The lowest BCUT2D eigenvalue weighted by molar-refractivity contribution is 0.0951. The lowest BCUT2D eigenvalue weighted by atomic mass is 10.1. The van der Waals surface area contributed by atoms with Gasteiger partial charge in [0.15, 0.2) is 0 Å². The summed E-state index contributed by atoms with van der Waals surface area (Å²) in [4.78, 5) is 14.6. The summed E-state index contributed by atoms with van der Waals surface area (Å²) in [7, 11) is 0. The molecule has 2 rings (SSSR count). The maximum Gasteiger partial charge on any atom is 0.251 e. The molecule has 0 aromatic heterocycles. The molecule has 3 heteroatoms. The topological polar surface area (TPSA) is 32.3 Å². The van der Waals surface area contributed by atoms with Gasteiger partial charge in [-0.05, 0) is 57.5 Å². The first-order valence-electron chi connectivity index (χ1n) is 7.83. The van der Waals surface area contributed by atoms with Crippen LogP contribution in [0.5, 0.6) is 0 Å². The van der Waals surface area contributed by atoms with Gasteiger partial charge in [-0.25, -0.2) is 0 Å². The van der Waals surface area contributed by atoms with E-state index in [1.165, 1.54) is 38.8 Å². The number of hydrogen-bond donors (Lipinski definition) is 1. The first-order valence-corrected chi connectivity index (χ1v) is 7.83. The van der Waals surface area contributed by atoms with Gasteiger partial charge in [0.25, 0.3) is 5.91 Å². The molecule has 0 radical (unpaired) electrons. The second-order valence-electron chi connectivity index (χ2n) is 5.68. The van der Waals surface area contributed by atoms with Gasteiger partial charge in [0.1, 0.15) is 0 Å².